The molecule has 0 N–H and O–H groups in total. The monoisotopic (exact) mass is 427 g/mol. The molecule has 31 heavy (non-hydrogen) atoms. The quantitative estimate of drug-likeness (QED) is 0.429. The number of fused-ring (bicyclic) bond motifs is 5. The first-order valence-corrected chi connectivity index (χ1v) is 11.5. The van der Waals surface area contributed by atoms with Crippen molar-refractivity contribution in [2.24, 2.45) is 0 Å². The summed E-state index contributed by atoms with van der Waals surface area (Å²) < 4.78 is 3.40. The van der Waals surface area contributed by atoms with Crippen molar-refractivity contribution in [3.63, 3.8) is 0 Å². The van der Waals surface area contributed by atoms with Crippen LogP contribution < -0.4 is 5.69 Å². The van der Waals surface area contributed by atoms with Gasteiger partial charge in [-0.25, -0.2) is 9.78 Å². The van der Waals surface area contributed by atoms with E-state index in [-0.39, 0.29) is 5.69 Å². The molecule has 0 unspecified atom stereocenters. The van der Waals surface area contributed by atoms with Crippen LogP contribution in [0.5, 0.6) is 0 Å². The SMILES string of the molecule is O=c1n(CCc2ccccc2)c2sc3c(c2c2nc(-c4cccnc4)nn12)CCCC3. The summed E-state index contributed by atoms with van der Waals surface area (Å²) in [7, 11) is 0. The maximum absolute atomic E-state index is 13.5. The van der Waals surface area contributed by atoms with E-state index in [1.165, 1.54) is 33.4 Å². The van der Waals surface area contributed by atoms with Crippen molar-refractivity contribution in [2.75, 3.05) is 0 Å². The lowest BCUT2D eigenvalue weighted by Crippen LogP contribution is -2.28. The molecule has 6 rings (SSSR count). The van der Waals surface area contributed by atoms with E-state index in [2.05, 4.69) is 22.2 Å². The molecule has 1 aromatic carbocycles. The molecule has 1 aliphatic rings. The van der Waals surface area contributed by atoms with Crippen LogP contribution in [-0.2, 0) is 25.8 Å². The second-order valence-electron chi connectivity index (χ2n) is 7.97. The number of hydrogen-bond donors (Lipinski definition) is 0. The highest BCUT2D eigenvalue weighted by atomic mass is 32.1. The van der Waals surface area contributed by atoms with Gasteiger partial charge in [0.15, 0.2) is 11.5 Å². The molecular weight excluding hydrogens is 406 g/mol. The molecule has 0 bridgehead atoms. The summed E-state index contributed by atoms with van der Waals surface area (Å²) >= 11 is 1.77. The van der Waals surface area contributed by atoms with Crippen molar-refractivity contribution >= 4 is 27.2 Å². The van der Waals surface area contributed by atoms with Gasteiger partial charge in [-0.3, -0.25) is 9.55 Å². The second kappa shape index (κ2) is 7.42. The van der Waals surface area contributed by atoms with Gasteiger partial charge in [-0.2, -0.15) is 4.52 Å². The zero-order valence-corrected chi connectivity index (χ0v) is 17.8. The van der Waals surface area contributed by atoms with Gasteiger partial charge in [0.05, 0.1) is 5.39 Å². The average molecular weight is 428 g/mol. The Balaban J connectivity index is 1.58. The molecule has 5 aromatic rings. The number of hydrogen-bond acceptors (Lipinski definition) is 5. The van der Waals surface area contributed by atoms with E-state index in [9.17, 15) is 4.79 Å². The highest BCUT2D eigenvalue weighted by molar-refractivity contribution is 7.19. The van der Waals surface area contributed by atoms with Crippen molar-refractivity contribution in [2.45, 2.75) is 38.6 Å². The van der Waals surface area contributed by atoms with Crippen molar-refractivity contribution in [3.8, 4) is 11.4 Å². The van der Waals surface area contributed by atoms with Gasteiger partial charge in [-0.1, -0.05) is 30.3 Å². The predicted molar refractivity (Wildman–Crippen MR) is 123 cm³/mol. The van der Waals surface area contributed by atoms with Crippen molar-refractivity contribution in [1.82, 2.24) is 24.1 Å². The Morgan fingerprint density at radius 1 is 1.03 bits per heavy atom. The molecule has 0 aliphatic heterocycles. The number of aryl methyl sites for hydroxylation is 4. The summed E-state index contributed by atoms with van der Waals surface area (Å²) in [6.45, 7) is 0.622. The summed E-state index contributed by atoms with van der Waals surface area (Å²) in [4.78, 5) is 25.0. The van der Waals surface area contributed by atoms with E-state index >= 15 is 0 Å². The Hall–Kier alpha value is -3.32. The van der Waals surface area contributed by atoms with E-state index in [4.69, 9.17) is 4.98 Å². The minimum absolute atomic E-state index is 0.125. The third kappa shape index (κ3) is 3.08. The summed E-state index contributed by atoms with van der Waals surface area (Å²) in [5.74, 6) is 0.545. The molecule has 0 amide bonds. The van der Waals surface area contributed by atoms with Gasteiger partial charge in [0.2, 0.25) is 0 Å². The van der Waals surface area contributed by atoms with Gasteiger partial charge in [0, 0.05) is 29.4 Å². The smallest absolute Gasteiger partial charge is 0.283 e. The topological polar surface area (TPSA) is 65.1 Å². The predicted octanol–water partition coefficient (Wildman–Crippen LogP) is 4.29. The third-order valence-corrected chi connectivity index (χ3v) is 7.34. The van der Waals surface area contributed by atoms with Crippen LogP contribution >= 0.6 is 11.3 Å². The van der Waals surface area contributed by atoms with Crippen LogP contribution in [0.25, 0.3) is 27.3 Å². The van der Waals surface area contributed by atoms with Crippen molar-refractivity contribution in [3.05, 3.63) is 81.3 Å². The minimum Gasteiger partial charge on any atom is -0.283 e. The standard InChI is InChI=1S/C24H21N5OS/c30-24-28(14-12-16-7-2-1-3-8-16)23-20(18-10-4-5-11-19(18)31-23)22-26-21(27-29(22)24)17-9-6-13-25-15-17/h1-3,6-9,13,15H,4-5,10-12,14H2. The minimum atomic E-state index is -0.125. The van der Waals surface area contributed by atoms with E-state index in [0.29, 0.717) is 18.0 Å². The Morgan fingerprint density at radius 3 is 2.74 bits per heavy atom. The molecule has 6 nitrogen and oxygen atoms in total. The lowest BCUT2D eigenvalue weighted by Gasteiger charge is -2.11. The van der Waals surface area contributed by atoms with Crippen LogP contribution in [0.15, 0.2) is 59.7 Å². The van der Waals surface area contributed by atoms with Gasteiger partial charge >= 0.3 is 5.69 Å². The fourth-order valence-electron chi connectivity index (χ4n) is 4.48. The fraction of sp³-hybridized carbons (Fsp3) is 0.250. The van der Waals surface area contributed by atoms with E-state index < -0.39 is 0 Å². The number of rotatable bonds is 4. The molecule has 7 heteroatoms. The summed E-state index contributed by atoms with van der Waals surface area (Å²) in [5.41, 5.74) is 3.95. The number of pyridine rings is 1. The maximum Gasteiger partial charge on any atom is 0.351 e. The van der Waals surface area contributed by atoms with Crippen molar-refractivity contribution in [1.29, 1.82) is 0 Å². The molecule has 0 saturated carbocycles. The molecule has 154 valence electrons. The van der Waals surface area contributed by atoms with E-state index in [1.807, 2.05) is 34.9 Å². The molecular formula is C24H21N5OS. The van der Waals surface area contributed by atoms with Crippen LogP contribution in [0.1, 0.15) is 28.8 Å². The van der Waals surface area contributed by atoms with Crippen LogP contribution in [0, 0.1) is 0 Å². The maximum atomic E-state index is 13.5. The summed E-state index contributed by atoms with van der Waals surface area (Å²) in [5, 5.41) is 5.72. The Kier molecular flexibility index (Phi) is 4.42. The van der Waals surface area contributed by atoms with E-state index in [0.717, 1.165) is 35.0 Å². The van der Waals surface area contributed by atoms with Gasteiger partial charge in [0.1, 0.15) is 4.83 Å². The van der Waals surface area contributed by atoms with Crippen molar-refractivity contribution < 1.29 is 0 Å². The number of thiophene rings is 1. The number of aromatic nitrogens is 5. The van der Waals surface area contributed by atoms with Crippen LogP contribution in [0.4, 0.5) is 0 Å². The Labute approximate surface area is 182 Å². The second-order valence-corrected chi connectivity index (χ2v) is 9.06. The average Bonchev–Trinajstić information content (AvgIpc) is 3.42. The number of nitrogens with zero attached hydrogens (tertiary/aromatic N) is 5. The molecule has 0 radical (unpaired) electrons. The molecule has 4 heterocycles. The zero-order chi connectivity index (χ0) is 20.8. The third-order valence-electron chi connectivity index (χ3n) is 6.03. The number of benzene rings is 1. The van der Waals surface area contributed by atoms with Gasteiger partial charge in [-0.05, 0) is 55.4 Å². The lowest BCUT2D eigenvalue weighted by atomic mass is 9.97. The van der Waals surface area contributed by atoms with Crippen LogP contribution in [0.3, 0.4) is 0 Å². The largest absolute Gasteiger partial charge is 0.351 e. The molecule has 0 saturated heterocycles. The van der Waals surface area contributed by atoms with Crippen LogP contribution in [0.2, 0.25) is 0 Å². The molecule has 4 aromatic heterocycles. The first kappa shape index (κ1) is 18.4. The lowest BCUT2D eigenvalue weighted by molar-refractivity contribution is 0.654. The van der Waals surface area contributed by atoms with Crippen LogP contribution in [-0.4, -0.2) is 24.1 Å². The zero-order valence-electron chi connectivity index (χ0n) is 17.0. The fourth-order valence-corrected chi connectivity index (χ4v) is 5.88. The molecule has 0 fully saturated rings. The molecule has 1 aliphatic carbocycles. The Bertz CT molecular complexity index is 1450. The first-order chi connectivity index (χ1) is 15.3. The molecule has 0 atom stereocenters. The highest BCUT2D eigenvalue weighted by Gasteiger charge is 2.24. The highest BCUT2D eigenvalue weighted by Crippen LogP contribution is 2.38. The first-order valence-electron chi connectivity index (χ1n) is 10.7. The van der Waals surface area contributed by atoms with Gasteiger partial charge in [-0.15, -0.1) is 16.4 Å². The summed E-state index contributed by atoms with van der Waals surface area (Å²) in [6.07, 6.45) is 8.77. The summed E-state index contributed by atoms with van der Waals surface area (Å²) in [6, 6.07) is 14.1. The molecule has 0 spiro atoms. The van der Waals surface area contributed by atoms with Gasteiger partial charge < -0.3 is 0 Å². The van der Waals surface area contributed by atoms with Gasteiger partial charge in [0.25, 0.3) is 0 Å². The Morgan fingerprint density at radius 2 is 1.90 bits per heavy atom. The normalized spacial score (nSPS) is 13.7. The van der Waals surface area contributed by atoms with E-state index in [1.54, 1.807) is 23.7 Å².